The first-order valence-electron chi connectivity index (χ1n) is 7.83. The number of rotatable bonds is 2. The van der Waals surface area contributed by atoms with Crippen molar-refractivity contribution >= 4 is 12.3 Å². The molecule has 2 aliphatic heterocycles. The van der Waals surface area contributed by atoms with E-state index < -0.39 is 0 Å². The Morgan fingerprint density at radius 1 is 0.842 bits per heavy atom. The zero-order chi connectivity index (χ0) is 13.5. The molecular weight excluding hydrogens is 240 g/mol. The molecule has 0 N–H and O–H groups in total. The summed E-state index contributed by atoms with van der Waals surface area (Å²) in [6, 6.07) is -0.198. The molecule has 2 saturated heterocycles. The van der Waals surface area contributed by atoms with Crippen LogP contribution in [0.5, 0.6) is 0 Å². The van der Waals surface area contributed by atoms with Gasteiger partial charge in [0.2, 0.25) is 12.3 Å². The predicted molar refractivity (Wildman–Crippen MR) is 74.7 cm³/mol. The Kier molecular flexibility index (Phi) is 5.67. The van der Waals surface area contributed by atoms with E-state index in [0.717, 1.165) is 58.1 Å². The summed E-state index contributed by atoms with van der Waals surface area (Å²) in [4.78, 5) is 27.6. The molecule has 2 rings (SSSR count). The molecule has 4 nitrogen and oxygen atoms in total. The molecule has 0 saturated carbocycles. The lowest BCUT2D eigenvalue weighted by Gasteiger charge is -2.33. The summed E-state index contributed by atoms with van der Waals surface area (Å²) in [5.41, 5.74) is 0. The van der Waals surface area contributed by atoms with Crippen molar-refractivity contribution < 1.29 is 9.59 Å². The molecular formula is C15H26N2O2. The number of amides is 2. The molecule has 0 spiro atoms. The molecule has 0 aromatic carbocycles. The molecule has 0 aromatic rings. The van der Waals surface area contributed by atoms with Gasteiger partial charge in [-0.15, -0.1) is 0 Å². The van der Waals surface area contributed by atoms with Crippen molar-refractivity contribution in [3.63, 3.8) is 0 Å². The molecule has 2 aliphatic rings. The smallest absolute Gasteiger partial charge is 0.245 e. The van der Waals surface area contributed by atoms with Gasteiger partial charge in [-0.2, -0.15) is 0 Å². The first kappa shape index (κ1) is 14.4. The van der Waals surface area contributed by atoms with E-state index in [0.29, 0.717) is 0 Å². The van der Waals surface area contributed by atoms with Gasteiger partial charge < -0.3 is 9.80 Å². The second-order valence-electron chi connectivity index (χ2n) is 5.80. The molecule has 0 aromatic heterocycles. The summed E-state index contributed by atoms with van der Waals surface area (Å²) in [5.74, 6) is 0.191. The van der Waals surface area contributed by atoms with E-state index in [1.165, 1.54) is 25.7 Å². The molecule has 0 radical (unpaired) electrons. The van der Waals surface area contributed by atoms with Crippen molar-refractivity contribution in [2.75, 3.05) is 19.6 Å². The fourth-order valence-electron chi connectivity index (χ4n) is 3.20. The Labute approximate surface area is 116 Å². The summed E-state index contributed by atoms with van der Waals surface area (Å²) >= 11 is 0. The third-order valence-corrected chi connectivity index (χ3v) is 4.38. The zero-order valence-electron chi connectivity index (χ0n) is 11.9. The maximum Gasteiger partial charge on any atom is 0.245 e. The van der Waals surface area contributed by atoms with Crippen molar-refractivity contribution in [2.45, 2.75) is 63.8 Å². The standard InChI is InChI=1S/C15H26N2O2/c18-13-17-12-8-2-1-5-9-14(17)15(19)16-10-6-3-4-7-11-16/h13-14H,1-12H2. The van der Waals surface area contributed by atoms with Crippen LogP contribution in [0.25, 0.3) is 0 Å². The summed E-state index contributed by atoms with van der Waals surface area (Å²) in [6.07, 6.45) is 10.9. The van der Waals surface area contributed by atoms with E-state index in [-0.39, 0.29) is 11.9 Å². The summed E-state index contributed by atoms with van der Waals surface area (Å²) in [6.45, 7) is 2.50. The van der Waals surface area contributed by atoms with Crippen LogP contribution >= 0.6 is 0 Å². The highest BCUT2D eigenvalue weighted by Gasteiger charge is 2.29. The van der Waals surface area contributed by atoms with Crippen LogP contribution in [0.1, 0.15) is 57.8 Å². The highest BCUT2D eigenvalue weighted by atomic mass is 16.2. The number of hydrogen-bond donors (Lipinski definition) is 0. The van der Waals surface area contributed by atoms with E-state index in [9.17, 15) is 9.59 Å². The van der Waals surface area contributed by atoms with Crippen LogP contribution in [0.15, 0.2) is 0 Å². The molecule has 1 unspecified atom stereocenters. The predicted octanol–water partition coefficient (Wildman–Crippen LogP) is 2.18. The minimum atomic E-state index is -0.198. The van der Waals surface area contributed by atoms with E-state index in [1.807, 2.05) is 4.90 Å². The van der Waals surface area contributed by atoms with Gasteiger partial charge in [-0.1, -0.05) is 32.1 Å². The van der Waals surface area contributed by atoms with Crippen LogP contribution < -0.4 is 0 Å². The lowest BCUT2D eigenvalue weighted by Crippen LogP contribution is -2.49. The second kappa shape index (κ2) is 7.51. The highest BCUT2D eigenvalue weighted by Crippen LogP contribution is 2.19. The lowest BCUT2D eigenvalue weighted by molar-refractivity contribution is -0.141. The molecule has 0 bridgehead atoms. The molecule has 19 heavy (non-hydrogen) atoms. The Hall–Kier alpha value is -1.06. The molecule has 108 valence electrons. The minimum absolute atomic E-state index is 0.191. The van der Waals surface area contributed by atoms with Gasteiger partial charge >= 0.3 is 0 Å². The third-order valence-electron chi connectivity index (χ3n) is 4.38. The summed E-state index contributed by atoms with van der Waals surface area (Å²) < 4.78 is 0. The number of nitrogens with zero attached hydrogens (tertiary/aromatic N) is 2. The number of likely N-dealkylation sites (tertiary alicyclic amines) is 2. The summed E-state index contributed by atoms with van der Waals surface area (Å²) in [7, 11) is 0. The fraction of sp³-hybridized carbons (Fsp3) is 0.867. The molecule has 2 heterocycles. The van der Waals surface area contributed by atoms with Gasteiger partial charge in [0.05, 0.1) is 0 Å². The number of hydrogen-bond acceptors (Lipinski definition) is 2. The van der Waals surface area contributed by atoms with Crippen LogP contribution in [-0.2, 0) is 9.59 Å². The van der Waals surface area contributed by atoms with Crippen LogP contribution in [0, 0.1) is 0 Å². The van der Waals surface area contributed by atoms with Gasteiger partial charge in [-0.05, 0) is 25.7 Å². The van der Waals surface area contributed by atoms with Gasteiger partial charge in [0.1, 0.15) is 6.04 Å². The maximum absolute atomic E-state index is 12.7. The van der Waals surface area contributed by atoms with Gasteiger partial charge in [-0.3, -0.25) is 9.59 Å². The largest absolute Gasteiger partial charge is 0.341 e. The lowest BCUT2D eigenvalue weighted by atomic mass is 10.0. The van der Waals surface area contributed by atoms with Gasteiger partial charge in [-0.25, -0.2) is 0 Å². The molecule has 2 fully saturated rings. The minimum Gasteiger partial charge on any atom is -0.341 e. The van der Waals surface area contributed by atoms with Crippen molar-refractivity contribution in [3.05, 3.63) is 0 Å². The topological polar surface area (TPSA) is 40.6 Å². The van der Waals surface area contributed by atoms with Crippen molar-refractivity contribution in [1.29, 1.82) is 0 Å². The van der Waals surface area contributed by atoms with Crippen LogP contribution in [0.3, 0.4) is 0 Å². The SMILES string of the molecule is O=CN1CCCCCCC1C(=O)N1CCCCCC1. The van der Waals surface area contributed by atoms with E-state index in [1.54, 1.807) is 4.90 Å². The van der Waals surface area contributed by atoms with Crippen molar-refractivity contribution in [1.82, 2.24) is 9.80 Å². The van der Waals surface area contributed by atoms with Crippen LogP contribution in [-0.4, -0.2) is 47.8 Å². The summed E-state index contributed by atoms with van der Waals surface area (Å²) in [5, 5.41) is 0. The fourth-order valence-corrected chi connectivity index (χ4v) is 3.20. The van der Waals surface area contributed by atoms with Gasteiger partial charge in [0, 0.05) is 19.6 Å². The maximum atomic E-state index is 12.7. The Morgan fingerprint density at radius 3 is 2.05 bits per heavy atom. The van der Waals surface area contributed by atoms with E-state index in [4.69, 9.17) is 0 Å². The van der Waals surface area contributed by atoms with Crippen molar-refractivity contribution in [3.8, 4) is 0 Å². The Balaban J connectivity index is 2.01. The average molecular weight is 266 g/mol. The van der Waals surface area contributed by atoms with E-state index >= 15 is 0 Å². The Morgan fingerprint density at radius 2 is 1.42 bits per heavy atom. The third kappa shape index (κ3) is 3.95. The van der Waals surface area contributed by atoms with Crippen LogP contribution in [0.2, 0.25) is 0 Å². The molecule has 4 heteroatoms. The van der Waals surface area contributed by atoms with Gasteiger partial charge in [0.25, 0.3) is 0 Å². The molecule has 0 aliphatic carbocycles. The quantitative estimate of drug-likeness (QED) is 0.719. The van der Waals surface area contributed by atoms with Gasteiger partial charge in [0.15, 0.2) is 0 Å². The second-order valence-corrected chi connectivity index (χ2v) is 5.80. The first-order valence-corrected chi connectivity index (χ1v) is 7.83. The van der Waals surface area contributed by atoms with Crippen LogP contribution in [0.4, 0.5) is 0 Å². The monoisotopic (exact) mass is 266 g/mol. The number of carbonyl (C=O) groups excluding carboxylic acids is 2. The molecule has 1 atom stereocenters. The van der Waals surface area contributed by atoms with Crippen molar-refractivity contribution in [2.24, 2.45) is 0 Å². The number of carbonyl (C=O) groups is 2. The molecule has 2 amide bonds. The normalized spacial score (nSPS) is 26.2. The average Bonchev–Trinajstić information content (AvgIpc) is 2.67. The zero-order valence-corrected chi connectivity index (χ0v) is 11.9. The highest BCUT2D eigenvalue weighted by molar-refractivity contribution is 5.83. The van der Waals surface area contributed by atoms with E-state index in [2.05, 4.69) is 0 Å². The Bertz CT molecular complexity index is 299. The first-order chi connectivity index (χ1) is 9.33.